The normalized spacial score (nSPS) is 9.87. The number of terminal acetylenes is 1. The first-order valence-electron chi connectivity index (χ1n) is 4.42. The van der Waals surface area contributed by atoms with Crippen LogP contribution in [0.4, 0.5) is 0 Å². The number of aromatic nitrogens is 1. The van der Waals surface area contributed by atoms with Crippen molar-refractivity contribution in [1.29, 1.82) is 0 Å². The molecule has 0 saturated heterocycles. The minimum absolute atomic E-state index is 0.229. The first-order valence-corrected chi connectivity index (χ1v) is 4.80. The van der Waals surface area contributed by atoms with Crippen molar-refractivity contribution in [2.75, 3.05) is 6.61 Å². The second-order valence-corrected chi connectivity index (χ2v) is 3.35. The van der Waals surface area contributed by atoms with Crippen LogP contribution in [0.3, 0.4) is 0 Å². The summed E-state index contributed by atoms with van der Waals surface area (Å²) in [5.41, 5.74) is 0.736. The van der Waals surface area contributed by atoms with Crippen molar-refractivity contribution in [3.8, 4) is 18.1 Å². The van der Waals surface area contributed by atoms with E-state index in [1.807, 2.05) is 12.1 Å². The Morgan fingerprint density at radius 2 is 2.27 bits per heavy atom. The molecule has 2 rings (SSSR count). The van der Waals surface area contributed by atoms with Crippen LogP contribution in [0, 0.1) is 12.3 Å². The molecule has 0 aliphatic heterocycles. The van der Waals surface area contributed by atoms with Crippen LogP contribution in [0.2, 0.25) is 5.02 Å². The number of halogens is 1. The summed E-state index contributed by atoms with van der Waals surface area (Å²) in [6, 6.07) is 7.28. The zero-order valence-electron chi connectivity index (χ0n) is 7.90. The molecular formula is C12H8ClNO. The van der Waals surface area contributed by atoms with E-state index in [2.05, 4.69) is 10.9 Å². The van der Waals surface area contributed by atoms with Crippen LogP contribution in [-0.2, 0) is 0 Å². The third-order valence-electron chi connectivity index (χ3n) is 1.99. The zero-order valence-corrected chi connectivity index (χ0v) is 8.66. The molecule has 0 fully saturated rings. The van der Waals surface area contributed by atoms with Crippen molar-refractivity contribution in [2.45, 2.75) is 0 Å². The molecule has 0 bridgehead atoms. The topological polar surface area (TPSA) is 22.1 Å². The van der Waals surface area contributed by atoms with Crippen molar-refractivity contribution in [1.82, 2.24) is 4.98 Å². The molecule has 0 saturated carbocycles. The highest BCUT2D eigenvalue weighted by Crippen LogP contribution is 2.29. The van der Waals surface area contributed by atoms with E-state index in [0.717, 1.165) is 10.9 Å². The van der Waals surface area contributed by atoms with Gasteiger partial charge in [-0.15, -0.1) is 6.42 Å². The van der Waals surface area contributed by atoms with Crippen molar-refractivity contribution in [3.05, 3.63) is 35.5 Å². The van der Waals surface area contributed by atoms with E-state index in [1.54, 1.807) is 18.3 Å². The predicted molar refractivity (Wildman–Crippen MR) is 61.1 cm³/mol. The number of nitrogens with zero attached hydrogens (tertiary/aromatic N) is 1. The molecule has 1 aromatic heterocycles. The van der Waals surface area contributed by atoms with E-state index in [-0.39, 0.29) is 6.61 Å². The Balaban J connectivity index is 2.57. The summed E-state index contributed by atoms with van der Waals surface area (Å²) in [7, 11) is 0. The second kappa shape index (κ2) is 4.20. The van der Waals surface area contributed by atoms with E-state index >= 15 is 0 Å². The van der Waals surface area contributed by atoms with Crippen LogP contribution in [-0.4, -0.2) is 11.6 Å². The largest absolute Gasteiger partial charge is 0.479 e. The number of fused-ring (bicyclic) bond motifs is 1. The maximum absolute atomic E-state index is 6.03. The number of pyridine rings is 1. The first-order chi connectivity index (χ1) is 7.33. The lowest BCUT2D eigenvalue weighted by Crippen LogP contribution is -1.95. The Hall–Kier alpha value is -1.72. The van der Waals surface area contributed by atoms with Crippen molar-refractivity contribution in [2.24, 2.45) is 0 Å². The van der Waals surface area contributed by atoms with Crippen molar-refractivity contribution >= 4 is 22.5 Å². The predicted octanol–water partition coefficient (Wildman–Crippen LogP) is 2.90. The molecule has 1 heterocycles. The van der Waals surface area contributed by atoms with Crippen LogP contribution in [0.5, 0.6) is 5.75 Å². The molecule has 3 heteroatoms. The number of rotatable bonds is 2. The molecule has 74 valence electrons. The lowest BCUT2D eigenvalue weighted by atomic mass is 10.2. The molecular weight excluding hydrogens is 210 g/mol. The van der Waals surface area contributed by atoms with E-state index in [0.29, 0.717) is 10.8 Å². The number of ether oxygens (including phenoxy) is 1. The summed E-state index contributed by atoms with van der Waals surface area (Å²) >= 11 is 6.03. The van der Waals surface area contributed by atoms with Gasteiger partial charge < -0.3 is 4.74 Å². The van der Waals surface area contributed by atoms with Gasteiger partial charge >= 0.3 is 0 Å². The van der Waals surface area contributed by atoms with Crippen LogP contribution < -0.4 is 4.74 Å². The van der Waals surface area contributed by atoms with Crippen LogP contribution in [0.25, 0.3) is 10.9 Å². The first kappa shape index (κ1) is 9.82. The van der Waals surface area contributed by atoms with E-state index in [9.17, 15) is 0 Å². The third-order valence-corrected chi connectivity index (χ3v) is 2.32. The molecule has 0 spiro atoms. The lowest BCUT2D eigenvalue weighted by Gasteiger charge is -2.06. The molecule has 0 N–H and O–H groups in total. The van der Waals surface area contributed by atoms with Gasteiger partial charge in [-0.3, -0.25) is 4.98 Å². The fourth-order valence-corrected chi connectivity index (χ4v) is 1.56. The van der Waals surface area contributed by atoms with E-state index < -0.39 is 0 Å². The van der Waals surface area contributed by atoms with Crippen molar-refractivity contribution < 1.29 is 4.74 Å². The molecule has 0 atom stereocenters. The van der Waals surface area contributed by atoms with Gasteiger partial charge in [-0.1, -0.05) is 17.5 Å². The summed E-state index contributed by atoms with van der Waals surface area (Å²) in [6.07, 6.45) is 6.82. The van der Waals surface area contributed by atoms with E-state index in [1.165, 1.54) is 0 Å². The van der Waals surface area contributed by atoms with Gasteiger partial charge in [0.05, 0.1) is 5.02 Å². The fourth-order valence-electron chi connectivity index (χ4n) is 1.35. The second-order valence-electron chi connectivity index (χ2n) is 2.94. The van der Waals surface area contributed by atoms with Gasteiger partial charge in [0, 0.05) is 11.6 Å². The van der Waals surface area contributed by atoms with Gasteiger partial charge in [0.2, 0.25) is 0 Å². The van der Waals surface area contributed by atoms with E-state index in [4.69, 9.17) is 22.8 Å². The van der Waals surface area contributed by atoms with Gasteiger partial charge in [-0.25, -0.2) is 0 Å². The lowest BCUT2D eigenvalue weighted by molar-refractivity contribution is 0.374. The quantitative estimate of drug-likeness (QED) is 0.722. The smallest absolute Gasteiger partial charge is 0.148 e. The SMILES string of the molecule is C#CCOc1ccc(Cl)c2cccnc12. The highest BCUT2D eigenvalue weighted by Gasteiger charge is 2.05. The highest BCUT2D eigenvalue weighted by atomic mass is 35.5. The summed E-state index contributed by atoms with van der Waals surface area (Å²) in [5, 5.41) is 1.53. The van der Waals surface area contributed by atoms with Gasteiger partial charge in [0.25, 0.3) is 0 Å². The van der Waals surface area contributed by atoms with Crippen LogP contribution >= 0.6 is 11.6 Å². The van der Waals surface area contributed by atoms with Gasteiger partial charge in [0.15, 0.2) is 0 Å². The highest BCUT2D eigenvalue weighted by molar-refractivity contribution is 6.35. The molecule has 2 nitrogen and oxygen atoms in total. The maximum Gasteiger partial charge on any atom is 0.148 e. The Labute approximate surface area is 92.8 Å². The standard InChI is InChI=1S/C12H8ClNO/c1-2-8-15-11-6-5-10(13)9-4-3-7-14-12(9)11/h1,3-7H,8H2. The zero-order chi connectivity index (χ0) is 10.7. The summed E-state index contributed by atoms with van der Waals surface area (Å²) < 4.78 is 5.37. The molecule has 1 aromatic carbocycles. The average Bonchev–Trinajstić information content (AvgIpc) is 2.29. The Morgan fingerprint density at radius 3 is 3.07 bits per heavy atom. The third kappa shape index (κ3) is 1.88. The number of benzene rings is 1. The molecule has 0 amide bonds. The van der Waals surface area contributed by atoms with Crippen molar-refractivity contribution in [3.63, 3.8) is 0 Å². The summed E-state index contributed by atoms with van der Waals surface area (Å²) in [5.74, 6) is 3.07. The summed E-state index contributed by atoms with van der Waals surface area (Å²) in [4.78, 5) is 4.22. The average molecular weight is 218 g/mol. The maximum atomic E-state index is 6.03. The Kier molecular flexibility index (Phi) is 2.75. The number of hydrogen-bond donors (Lipinski definition) is 0. The van der Waals surface area contributed by atoms with Crippen LogP contribution in [0.1, 0.15) is 0 Å². The van der Waals surface area contributed by atoms with Gasteiger partial charge in [-0.05, 0) is 24.3 Å². The Morgan fingerprint density at radius 1 is 1.40 bits per heavy atom. The summed E-state index contributed by atoms with van der Waals surface area (Å²) in [6.45, 7) is 0.229. The van der Waals surface area contributed by atoms with Gasteiger partial charge in [-0.2, -0.15) is 0 Å². The fraction of sp³-hybridized carbons (Fsp3) is 0.0833. The molecule has 2 aromatic rings. The Bertz CT molecular complexity index is 531. The minimum atomic E-state index is 0.229. The molecule has 0 aliphatic carbocycles. The van der Waals surface area contributed by atoms with Crippen LogP contribution in [0.15, 0.2) is 30.5 Å². The molecule has 0 radical (unpaired) electrons. The molecule has 0 unspecified atom stereocenters. The van der Waals surface area contributed by atoms with Gasteiger partial charge in [0.1, 0.15) is 17.9 Å². The minimum Gasteiger partial charge on any atom is -0.479 e. The monoisotopic (exact) mass is 217 g/mol. The number of hydrogen-bond acceptors (Lipinski definition) is 2. The molecule has 15 heavy (non-hydrogen) atoms. The molecule has 0 aliphatic rings.